The summed E-state index contributed by atoms with van der Waals surface area (Å²) in [5.41, 5.74) is 1.35. The van der Waals surface area contributed by atoms with Crippen molar-refractivity contribution in [3.63, 3.8) is 0 Å². The SMILES string of the molecule is CCOc1ccc(C(C)NC2CC3CCC(C2)N3C)cc1. The predicted octanol–water partition coefficient (Wildman–Crippen LogP) is 3.36. The topological polar surface area (TPSA) is 24.5 Å². The summed E-state index contributed by atoms with van der Waals surface area (Å²) in [5, 5.41) is 3.84. The number of fused-ring (bicyclic) bond motifs is 2. The Balaban J connectivity index is 1.57. The molecule has 3 rings (SSSR count). The molecule has 3 atom stereocenters. The van der Waals surface area contributed by atoms with Gasteiger partial charge >= 0.3 is 0 Å². The standard InChI is InChI=1S/C18H28N2O/c1-4-21-18-9-5-14(6-10-18)13(2)19-15-11-16-7-8-17(12-15)20(16)3/h5-6,9-10,13,15-17,19H,4,7-8,11-12H2,1-3H3. The van der Waals surface area contributed by atoms with E-state index in [2.05, 4.69) is 48.5 Å². The van der Waals surface area contributed by atoms with E-state index in [0.29, 0.717) is 12.1 Å². The maximum atomic E-state index is 5.51. The van der Waals surface area contributed by atoms with E-state index in [1.165, 1.54) is 31.2 Å². The largest absolute Gasteiger partial charge is 0.494 e. The molecule has 3 unspecified atom stereocenters. The second-order valence-electron chi connectivity index (χ2n) is 6.61. The Kier molecular flexibility index (Phi) is 4.51. The van der Waals surface area contributed by atoms with Gasteiger partial charge in [-0.2, -0.15) is 0 Å². The normalized spacial score (nSPS) is 30.3. The van der Waals surface area contributed by atoms with E-state index in [0.717, 1.165) is 24.4 Å². The van der Waals surface area contributed by atoms with E-state index in [1.54, 1.807) is 0 Å². The van der Waals surface area contributed by atoms with Crippen molar-refractivity contribution in [1.82, 2.24) is 10.2 Å². The van der Waals surface area contributed by atoms with Gasteiger partial charge in [0.15, 0.2) is 0 Å². The van der Waals surface area contributed by atoms with Crippen LogP contribution in [0.5, 0.6) is 5.75 Å². The molecular formula is C18H28N2O. The van der Waals surface area contributed by atoms with Gasteiger partial charge in [-0.05, 0) is 64.3 Å². The Morgan fingerprint density at radius 3 is 2.38 bits per heavy atom. The van der Waals surface area contributed by atoms with Gasteiger partial charge in [-0.25, -0.2) is 0 Å². The van der Waals surface area contributed by atoms with Crippen LogP contribution in [0, 0.1) is 0 Å². The van der Waals surface area contributed by atoms with Crippen molar-refractivity contribution in [3.8, 4) is 5.75 Å². The van der Waals surface area contributed by atoms with E-state index >= 15 is 0 Å². The second-order valence-corrected chi connectivity index (χ2v) is 6.61. The van der Waals surface area contributed by atoms with Crippen LogP contribution < -0.4 is 10.1 Å². The third-order valence-corrected chi connectivity index (χ3v) is 5.28. The highest BCUT2D eigenvalue weighted by Gasteiger charge is 2.38. The van der Waals surface area contributed by atoms with Crippen molar-refractivity contribution in [3.05, 3.63) is 29.8 Å². The maximum absolute atomic E-state index is 5.51. The average Bonchev–Trinajstić information content (AvgIpc) is 2.71. The molecule has 1 aromatic carbocycles. The third kappa shape index (κ3) is 3.24. The zero-order valence-electron chi connectivity index (χ0n) is 13.5. The monoisotopic (exact) mass is 288 g/mol. The van der Waals surface area contributed by atoms with Crippen LogP contribution in [0.2, 0.25) is 0 Å². The van der Waals surface area contributed by atoms with Gasteiger partial charge in [0, 0.05) is 24.2 Å². The highest BCUT2D eigenvalue weighted by atomic mass is 16.5. The molecule has 0 radical (unpaired) electrons. The fraction of sp³-hybridized carbons (Fsp3) is 0.667. The lowest BCUT2D eigenvalue weighted by Gasteiger charge is -2.38. The minimum atomic E-state index is 0.411. The van der Waals surface area contributed by atoms with Crippen molar-refractivity contribution in [2.24, 2.45) is 0 Å². The fourth-order valence-corrected chi connectivity index (χ4v) is 4.02. The van der Waals surface area contributed by atoms with Gasteiger partial charge in [0.25, 0.3) is 0 Å². The Labute approximate surface area is 128 Å². The summed E-state index contributed by atoms with van der Waals surface area (Å²) in [6.07, 6.45) is 5.37. The lowest BCUT2D eigenvalue weighted by Crippen LogP contribution is -2.47. The molecule has 2 bridgehead atoms. The van der Waals surface area contributed by atoms with Crippen LogP contribution in [0.15, 0.2) is 24.3 Å². The zero-order chi connectivity index (χ0) is 14.8. The Bertz CT molecular complexity index is 445. The first-order chi connectivity index (χ1) is 10.2. The number of benzene rings is 1. The lowest BCUT2D eigenvalue weighted by molar-refractivity contribution is 0.144. The number of hydrogen-bond donors (Lipinski definition) is 1. The smallest absolute Gasteiger partial charge is 0.119 e. The van der Waals surface area contributed by atoms with Crippen molar-refractivity contribution >= 4 is 0 Å². The van der Waals surface area contributed by atoms with Crippen molar-refractivity contribution in [1.29, 1.82) is 0 Å². The molecule has 0 aliphatic carbocycles. The van der Waals surface area contributed by atoms with Crippen LogP contribution in [0.25, 0.3) is 0 Å². The van der Waals surface area contributed by atoms with Gasteiger partial charge in [-0.15, -0.1) is 0 Å². The molecule has 0 spiro atoms. The number of nitrogens with one attached hydrogen (secondary N) is 1. The van der Waals surface area contributed by atoms with Crippen LogP contribution in [0.3, 0.4) is 0 Å². The van der Waals surface area contributed by atoms with Gasteiger partial charge in [0.2, 0.25) is 0 Å². The molecule has 2 fully saturated rings. The number of ether oxygens (including phenoxy) is 1. The molecule has 3 nitrogen and oxygen atoms in total. The minimum Gasteiger partial charge on any atom is -0.494 e. The number of hydrogen-bond acceptors (Lipinski definition) is 3. The van der Waals surface area contributed by atoms with Gasteiger partial charge in [0.1, 0.15) is 5.75 Å². The van der Waals surface area contributed by atoms with Crippen LogP contribution in [-0.4, -0.2) is 36.7 Å². The first kappa shape index (κ1) is 14.9. The van der Waals surface area contributed by atoms with Gasteiger partial charge in [-0.1, -0.05) is 12.1 Å². The van der Waals surface area contributed by atoms with E-state index in [1.807, 2.05) is 6.92 Å². The van der Waals surface area contributed by atoms with Crippen molar-refractivity contribution in [2.45, 2.75) is 63.7 Å². The zero-order valence-corrected chi connectivity index (χ0v) is 13.5. The second kappa shape index (κ2) is 6.37. The van der Waals surface area contributed by atoms with Crippen LogP contribution in [0.4, 0.5) is 0 Å². The van der Waals surface area contributed by atoms with Crippen molar-refractivity contribution < 1.29 is 4.74 Å². The summed E-state index contributed by atoms with van der Waals surface area (Å²) in [7, 11) is 2.30. The van der Waals surface area contributed by atoms with Crippen molar-refractivity contribution in [2.75, 3.05) is 13.7 Å². The first-order valence-corrected chi connectivity index (χ1v) is 8.38. The summed E-state index contributed by atoms with van der Waals surface area (Å²) in [5.74, 6) is 0.964. The third-order valence-electron chi connectivity index (χ3n) is 5.28. The van der Waals surface area contributed by atoms with E-state index in [-0.39, 0.29) is 0 Å². The molecule has 1 aromatic rings. The molecule has 0 aromatic heterocycles. The minimum absolute atomic E-state index is 0.411. The van der Waals surface area contributed by atoms with Gasteiger partial charge in [0.05, 0.1) is 6.61 Å². The molecule has 2 saturated heterocycles. The van der Waals surface area contributed by atoms with E-state index < -0.39 is 0 Å². The molecule has 1 N–H and O–H groups in total. The van der Waals surface area contributed by atoms with E-state index in [4.69, 9.17) is 4.74 Å². The molecule has 21 heavy (non-hydrogen) atoms. The highest BCUT2D eigenvalue weighted by Crippen LogP contribution is 2.35. The lowest BCUT2D eigenvalue weighted by atomic mass is 9.96. The van der Waals surface area contributed by atoms with Crippen LogP contribution in [0.1, 0.15) is 51.1 Å². The van der Waals surface area contributed by atoms with Gasteiger partial charge in [-0.3, -0.25) is 0 Å². The molecule has 3 heteroatoms. The quantitative estimate of drug-likeness (QED) is 0.899. The summed E-state index contributed by atoms with van der Waals surface area (Å²) in [6, 6.07) is 11.2. The summed E-state index contributed by atoms with van der Waals surface area (Å²) in [6.45, 7) is 5.02. The maximum Gasteiger partial charge on any atom is 0.119 e. The highest BCUT2D eigenvalue weighted by molar-refractivity contribution is 5.29. The molecule has 116 valence electrons. The molecular weight excluding hydrogens is 260 g/mol. The summed E-state index contributed by atoms with van der Waals surface area (Å²) < 4.78 is 5.51. The Morgan fingerprint density at radius 2 is 1.81 bits per heavy atom. The number of nitrogens with zero attached hydrogens (tertiary/aromatic N) is 1. The molecule has 2 heterocycles. The summed E-state index contributed by atoms with van der Waals surface area (Å²) in [4.78, 5) is 2.60. The fourth-order valence-electron chi connectivity index (χ4n) is 4.02. The number of rotatable bonds is 5. The Hall–Kier alpha value is -1.06. The molecule has 0 amide bonds. The average molecular weight is 288 g/mol. The van der Waals surface area contributed by atoms with Crippen LogP contribution in [-0.2, 0) is 0 Å². The first-order valence-electron chi connectivity index (χ1n) is 8.38. The van der Waals surface area contributed by atoms with Crippen LogP contribution >= 0.6 is 0 Å². The van der Waals surface area contributed by atoms with Gasteiger partial charge < -0.3 is 15.0 Å². The Morgan fingerprint density at radius 1 is 1.19 bits per heavy atom. The molecule has 0 saturated carbocycles. The van der Waals surface area contributed by atoms with E-state index in [9.17, 15) is 0 Å². The number of piperidine rings is 1. The summed E-state index contributed by atoms with van der Waals surface area (Å²) >= 11 is 0. The molecule has 2 aliphatic heterocycles. The predicted molar refractivity (Wildman–Crippen MR) is 86.8 cm³/mol. The molecule has 2 aliphatic rings.